The zero-order chi connectivity index (χ0) is 15.3. The molecule has 21 heavy (non-hydrogen) atoms. The first-order valence-electron chi connectivity index (χ1n) is 6.68. The Bertz CT molecular complexity index is 567. The summed E-state index contributed by atoms with van der Waals surface area (Å²) in [6.07, 6.45) is 5.17. The topological polar surface area (TPSA) is 56.5 Å². The van der Waals surface area contributed by atoms with Crippen molar-refractivity contribution in [3.63, 3.8) is 0 Å². The number of hydrogen-bond acceptors (Lipinski definition) is 4. The molecule has 0 saturated heterocycles. The Morgan fingerprint density at radius 1 is 1.38 bits per heavy atom. The van der Waals surface area contributed by atoms with E-state index < -0.39 is 11.5 Å². The van der Waals surface area contributed by atoms with Crippen LogP contribution in [0.2, 0.25) is 5.02 Å². The van der Waals surface area contributed by atoms with Crippen LogP contribution in [0.25, 0.3) is 0 Å². The summed E-state index contributed by atoms with van der Waals surface area (Å²) in [5.74, 6) is 0.722. The zero-order valence-corrected chi connectivity index (χ0v) is 12.8. The predicted octanol–water partition coefficient (Wildman–Crippen LogP) is 3.78. The van der Waals surface area contributed by atoms with Crippen molar-refractivity contribution in [3.8, 4) is 5.75 Å². The molecule has 0 aliphatic rings. The van der Waals surface area contributed by atoms with Crippen molar-refractivity contribution >= 4 is 11.6 Å². The quantitative estimate of drug-likeness (QED) is 0.731. The van der Waals surface area contributed by atoms with E-state index in [1.807, 2.05) is 24.6 Å². The molecule has 2 aromatic rings. The van der Waals surface area contributed by atoms with Crippen LogP contribution in [0.4, 0.5) is 0 Å². The summed E-state index contributed by atoms with van der Waals surface area (Å²) in [5, 5.41) is 3.92. The number of benzene rings is 1. The minimum Gasteiger partial charge on any atom is -0.493 e. The smallest absolute Gasteiger partial charge is 0.119 e. The van der Waals surface area contributed by atoms with E-state index in [0.717, 1.165) is 5.75 Å². The molecule has 0 spiro atoms. The number of imidazole rings is 1. The summed E-state index contributed by atoms with van der Waals surface area (Å²) in [6.45, 7) is 4.80. The maximum absolute atomic E-state index is 11.2. The Labute approximate surface area is 128 Å². The minimum absolute atomic E-state index is 0.389. The number of rotatable bonds is 7. The molecule has 1 unspecified atom stereocenters. The lowest BCUT2D eigenvalue weighted by atomic mass is 9.85. The van der Waals surface area contributed by atoms with Crippen molar-refractivity contribution in [2.45, 2.75) is 26.4 Å². The first-order valence-corrected chi connectivity index (χ1v) is 7.05. The van der Waals surface area contributed by atoms with E-state index in [4.69, 9.17) is 16.3 Å². The normalized spacial score (nSPS) is 12.9. The highest BCUT2D eigenvalue weighted by molar-refractivity contribution is 6.30. The average molecular weight is 308 g/mol. The molecule has 0 fully saturated rings. The number of nitroso groups, excluding NO2 is 1. The lowest BCUT2D eigenvalue weighted by molar-refractivity contribution is 0.141. The summed E-state index contributed by atoms with van der Waals surface area (Å²) in [7, 11) is 0. The summed E-state index contributed by atoms with van der Waals surface area (Å²) in [5.41, 5.74) is -0.397. The second kappa shape index (κ2) is 6.72. The summed E-state index contributed by atoms with van der Waals surface area (Å²) in [4.78, 5) is 15.1. The van der Waals surface area contributed by atoms with Crippen LogP contribution >= 0.6 is 11.6 Å². The second-order valence-corrected chi connectivity index (χ2v) is 6.05. The van der Waals surface area contributed by atoms with Gasteiger partial charge in [0.05, 0.1) is 19.5 Å². The van der Waals surface area contributed by atoms with Gasteiger partial charge in [0.25, 0.3) is 0 Å². The van der Waals surface area contributed by atoms with Crippen LogP contribution in [-0.4, -0.2) is 22.2 Å². The van der Waals surface area contributed by atoms with Gasteiger partial charge in [-0.25, -0.2) is 4.98 Å². The fourth-order valence-electron chi connectivity index (χ4n) is 1.91. The molecule has 0 aliphatic heterocycles. The van der Waals surface area contributed by atoms with Crippen molar-refractivity contribution in [1.29, 1.82) is 0 Å². The number of nitrogens with zero attached hydrogens (tertiary/aromatic N) is 3. The van der Waals surface area contributed by atoms with E-state index in [-0.39, 0.29) is 0 Å². The van der Waals surface area contributed by atoms with Gasteiger partial charge in [-0.3, -0.25) is 0 Å². The number of halogens is 1. The SMILES string of the molecule is CC(C)(COc1ccc(Cl)cc1)C(Cn1ccnc1)N=O. The number of aromatic nitrogens is 2. The van der Waals surface area contributed by atoms with Crippen molar-refractivity contribution in [2.75, 3.05) is 6.61 Å². The molecule has 112 valence electrons. The van der Waals surface area contributed by atoms with Crippen LogP contribution < -0.4 is 4.74 Å². The fraction of sp³-hybridized carbons (Fsp3) is 0.400. The molecule has 0 N–H and O–H groups in total. The van der Waals surface area contributed by atoms with Gasteiger partial charge >= 0.3 is 0 Å². The van der Waals surface area contributed by atoms with Gasteiger partial charge in [0.2, 0.25) is 0 Å². The van der Waals surface area contributed by atoms with Gasteiger partial charge in [-0.05, 0) is 24.3 Å². The molecule has 2 rings (SSSR count). The fourth-order valence-corrected chi connectivity index (χ4v) is 2.04. The molecule has 6 heteroatoms. The Balaban J connectivity index is 1.98. The molecule has 1 aromatic heterocycles. The third-order valence-corrected chi connectivity index (χ3v) is 3.65. The predicted molar refractivity (Wildman–Crippen MR) is 82.5 cm³/mol. The highest BCUT2D eigenvalue weighted by Gasteiger charge is 2.32. The van der Waals surface area contributed by atoms with Gasteiger partial charge in [-0.1, -0.05) is 30.6 Å². The molecule has 0 amide bonds. The largest absolute Gasteiger partial charge is 0.493 e. The number of ether oxygens (including phenoxy) is 1. The molecular weight excluding hydrogens is 290 g/mol. The van der Waals surface area contributed by atoms with Crippen molar-refractivity contribution in [1.82, 2.24) is 9.55 Å². The van der Waals surface area contributed by atoms with Gasteiger partial charge in [-0.15, -0.1) is 0 Å². The van der Waals surface area contributed by atoms with E-state index in [0.29, 0.717) is 18.2 Å². The molecular formula is C15H18ClN3O2. The maximum atomic E-state index is 11.2. The van der Waals surface area contributed by atoms with E-state index in [1.165, 1.54) is 0 Å². The van der Waals surface area contributed by atoms with Crippen LogP contribution in [-0.2, 0) is 6.54 Å². The monoisotopic (exact) mass is 307 g/mol. The van der Waals surface area contributed by atoms with Crippen molar-refractivity contribution < 1.29 is 4.74 Å². The van der Waals surface area contributed by atoms with Crippen molar-refractivity contribution in [2.24, 2.45) is 10.6 Å². The van der Waals surface area contributed by atoms with E-state index in [1.54, 1.807) is 36.8 Å². The van der Waals surface area contributed by atoms with E-state index >= 15 is 0 Å². The van der Waals surface area contributed by atoms with Gasteiger partial charge in [0, 0.05) is 22.8 Å². The first kappa shape index (κ1) is 15.5. The van der Waals surface area contributed by atoms with Crippen LogP contribution in [0.15, 0.2) is 48.2 Å². The summed E-state index contributed by atoms with van der Waals surface area (Å²) < 4.78 is 7.59. The van der Waals surface area contributed by atoms with E-state index in [9.17, 15) is 4.91 Å². The van der Waals surface area contributed by atoms with Crippen LogP contribution in [0.1, 0.15) is 13.8 Å². The van der Waals surface area contributed by atoms with Crippen molar-refractivity contribution in [3.05, 3.63) is 52.9 Å². The van der Waals surface area contributed by atoms with Crippen LogP contribution in [0, 0.1) is 10.3 Å². The molecule has 1 aromatic carbocycles. The van der Waals surface area contributed by atoms with Crippen LogP contribution in [0.3, 0.4) is 0 Å². The standard InChI is InChI=1S/C15H18ClN3O2/c1-15(2,10-21-13-5-3-12(16)4-6-13)14(18-20)9-19-8-7-17-11-19/h3-8,11,14H,9-10H2,1-2H3. The summed E-state index contributed by atoms with van der Waals surface area (Å²) in [6, 6.07) is 6.74. The Morgan fingerprint density at radius 2 is 2.10 bits per heavy atom. The highest BCUT2D eigenvalue weighted by atomic mass is 35.5. The van der Waals surface area contributed by atoms with Gasteiger partial charge in [0.15, 0.2) is 0 Å². The first-order chi connectivity index (χ1) is 10.0. The third-order valence-electron chi connectivity index (χ3n) is 3.40. The molecule has 5 nitrogen and oxygen atoms in total. The molecule has 0 radical (unpaired) electrons. The molecule has 1 atom stereocenters. The average Bonchev–Trinajstić information content (AvgIpc) is 2.97. The Hall–Kier alpha value is -1.88. The lowest BCUT2D eigenvalue weighted by Crippen LogP contribution is -2.36. The summed E-state index contributed by atoms with van der Waals surface area (Å²) >= 11 is 5.83. The zero-order valence-electron chi connectivity index (χ0n) is 12.1. The van der Waals surface area contributed by atoms with Crippen LogP contribution in [0.5, 0.6) is 5.75 Å². The van der Waals surface area contributed by atoms with Gasteiger partial charge < -0.3 is 9.30 Å². The van der Waals surface area contributed by atoms with Gasteiger partial charge in [-0.2, -0.15) is 4.91 Å². The second-order valence-electron chi connectivity index (χ2n) is 5.61. The molecule has 1 heterocycles. The Morgan fingerprint density at radius 3 is 2.67 bits per heavy atom. The highest BCUT2D eigenvalue weighted by Crippen LogP contribution is 2.27. The third kappa shape index (κ3) is 4.29. The lowest BCUT2D eigenvalue weighted by Gasteiger charge is -2.29. The Kier molecular flexibility index (Phi) is 4.96. The molecule has 0 bridgehead atoms. The maximum Gasteiger partial charge on any atom is 0.119 e. The van der Waals surface area contributed by atoms with Gasteiger partial charge in [0.1, 0.15) is 11.8 Å². The minimum atomic E-state index is -0.404. The molecule has 0 aliphatic carbocycles. The molecule has 0 saturated carbocycles. The van der Waals surface area contributed by atoms with E-state index in [2.05, 4.69) is 10.2 Å². The number of hydrogen-bond donors (Lipinski definition) is 0.